The van der Waals surface area contributed by atoms with Crippen molar-refractivity contribution in [1.29, 1.82) is 0 Å². The van der Waals surface area contributed by atoms with Crippen molar-refractivity contribution in [2.24, 2.45) is 11.8 Å². The van der Waals surface area contributed by atoms with Crippen LogP contribution in [0.25, 0.3) is 21.8 Å². The number of aliphatic carboxylic acids is 2. The highest BCUT2D eigenvalue weighted by Crippen LogP contribution is 2.38. The number of para-hydroxylation sites is 2. The topological polar surface area (TPSA) is 213 Å². The number of carboxylic acids is 2. The first-order valence-corrected chi connectivity index (χ1v) is 26.5. The zero-order chi connectivity index (χ0) is 52.6. The van der Waals surface area contributed by atoms with Gasteiger partial charge in [-0.05, 0) is 167 Å². The van der Waals surface area contributed by atoms with E-state index in [4.69, 9.17) is 21.1 Å². The number of rotatable bonds is 12. The van der Waals surface area contributed by atoms with Crippen LogP contribution >= 0.6 is 11.6 Å². The Morgan fingerprint density at radius 3 is 1.41 bits per heavy atom. The first-order chi connectivity index (χ1) is 36.4. The predicted octanol–water partition coefficient (Wildman–Crippen LogP) is 9.94. The van der Waals surface area contributed by atoms with Crippen LogP contribution in [0.1, 0.15) is 84.7 Å². The molecule has 4 amide bonds. The molecule has 4 saturated heterocycles. The minimum atomic E-state index is -0.774. The maximum Gasteiger partial charge on any atom is 0.337 e. The Hall–Kier alpha value is -7.08. The van der Waals surface area contributed by atoms with Gasteiger partial charge < -0.3 is 50.1 Å². The van der Waals surface area contributed by atoms with Crippen LogP contribution in [0.5, 0.6) is 5.75 Å². The van der Waals surface area contributed by atoms with Crippen molar-refractivity contribution in [3.63, 3.8) is 0 Å². The van der Waals surface area contributed by atoms with Crippen molar-refractivity contribution in [1.82, 2.24) is 29.6 Å². The Morgan fingerprint density at radius 1 is 0.573 bits per heavy atom. The molecule has 2 aromatic heterocycles. The van der Waals surface area contributed by atoms with Crippen LogP contribution in [0.3, 0.4) is 0 Å². The molecule has 0 radical (unpaired) electrons. The highest BCUT2D eigenvalue weighted by atomic mass is 35.5. The molecule has 2 atom stereocenters. The van der Waals surface area contributed by atoms with Crippen molar-refractivity contribution in [3.8, 4) is 5.75 Å². The molecule has 75 heavy (non-hydrogen) atoms. The number of anilines is 2. The number of methoxy groups -OCH3 is 2. The summed E-state index contributed by atoms with van der Waals surface area (Å²) in [5.74, 6) is -0.554. The molecule has 0 saturated carbocycles. The smallest absolute Gasteiger partial charge is 0.337 e. The minimum absolute atomic E-state index is 0.000489. The summed E-state index contributed by atoms with van der Waals surface area (Å²) in [5.41, 5.74) is 6.55. The van der Waals surface area contributed by atoms with E-state index >= 15 is 0 Å². The summed E-state index contributed by atoms with van der Waals surface area (Å²) in [6, 6.07) is 26.8. The molecule has 0 spiro atoms. The van der Waals surface area contributed by atoms with Gasteiger partial charge in [0, 0.05) is 71.8 Å². The summed E-state index contributed by atoms with van der Waals surface area (Å²) in [6.07, 6.45) is 10.6. The normalized spacial score (nSPS) is 18.4. The Bertz CT molecular complexity index is 2950. The average molecular weight is 1040 g/mol. The monoisotopic (exact) mass is 1040 g/mol. The van der Waals surface area contributed by atoms with Crippen LogP contribution in [0.4, 0.5) is 21.0 Å². The van der Waals surface area contributed by atoms with Crippen LogP contribution in [0.15, 0.2) is 103 Å². The Labute approximate surface area is 441 Å². The number of aromatic nitrogens is 2. The molecule has 4 aliphatic rings. The lowest BCUT2D eigenvalue weighted by atomic mass is 9.84. The van der Waals surface area contributed by atoms with Crippen molar-refractivity contribution < 1.29 is 43.7 Å². The van der Waals surface area contributed by atoms with E-state index in [-0.39, 0.29) is 23.9 Å². The molecule has 2 unspecified atom stereocenters. The number of carboxylic acid groups (broad SMARTS) is 2. The molecule has 18 heteroatoms. The lowest BCUT2D eigenvalue weighted by Crippen LogP contribution is -2.52. The third-order valence-electron chi connectivity index (χ3n) is 16.0. The van der Waals surface area contributed by atoms with Gasteiger partial charge in [-0.1, -0.05) is 48.0 Å². The van der Waals surface area contributed by atoms with E-state index in [9.17, 15) is 34.2 Å². The van der Waals surface area contributed by atoms with Gasteiger partial charge in [0.25, 0.3) is 0 Å². The van der Waals surface area contributed by atoms with E-state index in [1.807, 2.05) is 12.1 Å². The number of likely N-dealkylation sites (tertiary alicyclic amines) is 4. The average Bonchev–Trinajstić information content (AvgIpc) is 4.07. The molecule has 396 valence electrons. The first kappa shape index (κ1) is 52.8. The van der Waals surface area contributed by atoms with Crippen LogP contribution in [-0.2, 0) is 14.3 Å². The van der Waals surface area contributed by atoms with Crippen molar-refractivity contribution in [2.45, 2.75) is 75.3 Å². The summed E-state index contributed by atoms with van der Waals surface area (Å²) < 4.78 is 9.86. The van der Waals surface area contributed by atoms with E-state index < -0.39 is 30.0 Å². The molecule has 6 heterocycles. The zero-order valence-corrected chi connectivity index (χ0v) is 43.3. The summed E-state index contributed by atoms with van der Waals surface area (Å²) in [7, 11) is 2.86. The number of H-pyrrole nitrogens is 2. The number of carbonyl (C=O) groups excluding carboxylic acids is 3. The fourth-order valence-electron chi connectivity index (χ4n) is 11.9. The lowest BCUT2D eigenvalue weighted by Gasteiger charge is -2.41. The van der Waals surface area contributed by atoms with E-state index in [0.717, 1.165) is 62.9 Å². The number of nitrogens with one attached hydrogen (secondary N) is 4. The van der Waals surface area contributed by atoms with Gasteiger partial charge in [-0.15, -0.1) is 0 Å². The number of urea groups is 2. The Balaban J connectivity index is 0.000000184. The van der Waals surface area contributed by atoms with Crippen LogP contribution in [0, 0.1) is 11.8 Å². The molecule has 6 aromatic rings. The largest absolute Gasteiger partial charge is 0.495 e. The number of benzene rings is 4. The first-order valence-electron chi connectivity index (χ1n) is 26.1. The number of piperidine rings is 4. The molecule has 4 aliphatic heterocycles. The van der Waals surface area contributed by atoms with Gasteiger partial charge in [0.15, 0.2) is 0 Å². The molecule has 4 fully saturated rings. The van der Waals surface area contributed by atoms with Gasteiger partial charge in [0.1, 0.15) is 17.8 Å². The number of hydrogen-bond donors (Lipinski definition) is 6. The number of nitrogens with zero attached hydrogens (tertiary/aromatic N) is 4. The molecule has 0 aliphatic carbocycles. The number of halogens is 1. The maximum absolute atomic E-state index is 12.8. The molecule has 6 N–H and O–H groups in total. The van der Waals surface area contributed by atoms with Crippen LogP contribution < -0.4 is 15.4 Å². The van der Waals surface area contributed by atoms with Gasteiger partial charge in [0.05, 0.1) is 24.8 Å². The second-order valence-corrected chi connectivity index (χ2v) is 20.6. The molecule has 10 rings (SSSR count). The highest BCUT2D eigenvalue weighted by Gasteiger charge is 2.40. The summed E-state index contributed by atoms with van der Waals surface area (Å²) in [5, 5.41) is 29.0. The molecule has 17 nitrogen and oxygen atoms in total. The van der Waals surface area contributed by atoms with Crippen molar-refractivity contribution in [2.75, 3.05) is 77.2 Å². The number of fused-ring (bicyclic) bond motifs is 2. The third kappa shape index (κ3) is 12.2. The van der Waals surface area contributed by atoms with Crippen LogP contribution in [0.2, 0.25) is 5.02 Å². The molecular weight excluding hydrogens is 976 g/mol. The third-order valence-corrected chi connectivity index (χ3v) is 16.3. The number of carbonyl (C=O) groups is 5. The van der Waals surface area contributed by atoms with Gasteiger partial charge in [0.2, 0.25) is 0 Å². The van der Waals surface area contributed by atoms with Gasteiger partial charge in [-0.25, -0.2) is 14.4 Å². The van der Waals surface area contributed by atoms with Gasteiger partial charge >= 0.3 is 30.0 Å². The quantitative estimate of drug-likeness (QED) is 0.0635. The SMILES string of the molecule is COC(=O)c1ccc(NC(=O)N2CCC(C(C(=O)O)N3CCC(c4c[nH]c5ccccc45)CC3)CC2)cc1.COc1ccc(NC(=O)N2CCC(C(C(=O)O)N3CCC(c4c[nH]c5ccccc45)CC3)CC2)cc1Cl. The lowest BCUT2D eigenvalue weighted by molar-refractivity contribution is -0.147. The van der Waals surface area contributed by atoms with E-state index in [1.54, 1.807) is 59.4 Å². The zero-order valence-electron chi connectivity index (χ0n) is 42.5. The van der Waals surface area contributed by atoms with Crippen molar-refractivity contribution in [3.05, 3.63) is 125 Å². The van der Waals surface area contributed by atoms with Gasteiger partial charge in [-0.2, -0.15) is 0 Å². The minimum Gasteiger partial charge on any atom is -0.495 e. The molecular formula is C57H67ClN8O9. The predicted molar refractivity (Wildman–Crippen MR) is 289 cm³/mol. The number of hydrogen-bond acceptors (Lipinski definition) is 9. The fourth-order valence-corrected chi connectivity index (χ4v) is 12.2. The second kappa shape index (κ2) is 24.1. The summed E-state index contributed by atoms with van der Waals surface area (Å²) in [4.78, 5) is 76.4. The van der Waals surface area contributed by atoms with E-state index in [0.29, 0.717) is 91.4 Å². The summed E-state index contributed by atoms with van der Waals surface area (Å²) in [6.45, 7) is 5.09. The highest BCUT2D eigenvalue weighted by molar-refractivity contribution is 6.32. The standard InChI is InChI=1S/C29H34N4O5.C28H33ClN4O4/c1-38-28(36)21-6-8-22(9-7-21)31-29(37)33-16-12-20(13-17-33)26(27(34)35)32-14-10-19(11-15-32)24-18-30-25-5-3-2-4-23(24)25;1-37-25-7-6-20(16-23(25)29)31-28(36)33-14-10-19(11-15-33)26(27(34)35)32-12-8-18(9-13-32)22-17-30-24-5-3-2-4-21(22)24/h2-9,18-20,26,30H,10-17H2,1H3,(H,31,37)(H,34,35);2-7,16-19,26,30H,8-15H2,1H3,(H,31,36)(H,34,35). The Kier molecular flexibility index (Phi) is 16.9. The number of amides is 4. The Morgan fingerprint density at radius 2 is 1.00 bits per heavy atom. The van der Waals surface area contributed by atoms with E-state index in [2.05, 4.69) is 79.2 Å². The van der Waals surface area contributed by atoms with E-state index in [1.165, 1.54) is 29.0 Å². The molecule has 4 aromatic carbocycles. The second-order valence-electron chi connectivity index (χ2n) is 20.2. The van der Waals surface area contributed by atoms with Gasteiger partial charge in [-0.3, -0.25) is 19.4 Å². The maximum atomic E-state index is 12.8. The number of ether oxygens (including phenoxy) is 2. The van der Waals surface area contributed by atoms with Crippen LogP contribution in [-0.4, -0.2) is 148 Å². The molecule has 0 bridgehead atoms. The summed E-state index contributed by atoms with van der Waals surface area (Å²) >= 11 is 6.17. The fraction of sp³-hybridized carbons (Fsp3) is 0.421. The van der Waals surface area contributed by atoms with Crippen molar-refractivity contribution >= 4 is 74.8 Å². The number of esters is 1. The number of aromatic amines is 2.